The van der Waals surface area contributed by atoms with Crippen molar-refractivity contribution in [2.24, 2.45) is 0 Å². The highest BCUT2D eigenvalue weighted by atomic mass is 16.5. The zero-order valence-electron chi connectivity index (χ0n) is 20.4. The van der Waals surface area contributed by atoms with E-state index in [1.165, 1.54) is 5.56 Å². The molecule has 184 valence electrons. The molecular weight excluding hydrogens is 444 g/mol. The second-order valence-electron chi connectivity index (χ2n) is 7.84. The lowest BCUT2D eigenvalue weighted by Gasteiger charge is -2.18. The number of nitrogens with one attached hydrogen (secondary N) is 2. The van der Waals surface area contributed by atoms with Crippen LogP contribution in [-0.4, -0.2) is 31.6 Å². The first kappa shape index (κ1) is 25.6. The number of benzene rings is 3. The van der Waals surface area contributed by atoms with Crippen LogP contribution in [0.25, 0.3) is 0 Å². The van der Waals surface area contributed by atoms with Crippen molar-refractivity contribution in [3.8, 4) is 17.2 Å². The molecule has 0 unspecified atom stereocenters. The summed E-state index contributed by atoms with van der Waals surface area (Å²) in [6.07, 6.45) is 0.848. The van der Waals surface area contributed by atoms with Gasteiger partial charge < -0.3 is 24.8 Å². The van der Waals surface area contributed by atoms with Gasteiger partial charge in [0, 0.05) is 24.1 Å². The van der Waals surface area contributed by atoms with Crippen LogP contribution in [0.4, 0.5) is 11.4 Å². The molecule has 3 aromatic rings. The molecule has 35 heavy (non-hydrogen) atoms. The molecule has 2 N–H and O–H groups in total. The van der Waals surface area contributed by atoms with Gasteiger partial charge in [0.25, 0.3) is 5.91 Å². The summed E-state index contributed by atoms with van der Waals surface area (Å²) in [6, 6.07) is 20.1. The molecule has 0 radical (unpaired) electrons. The van der Waals surface area contributed by atoms with E-state index >= 15 is 0 Å². The first-order valence-corrected chi connectivity index (χ1v) is 11.8. The number of anilines is 2. The topological polar surface area (TPSA) is 85.9 Å². The molecule has 0 heterocycles. The Morgan fingerprint density at radius 2 is 1.37 bits per heavy atom. The number of amides is 2. The fourth-order valence-electron chi connectivity index (χ4n) is 3.36. The number of carbonyl (C=O) groups is 2. The van der Waals surface area contributed by atoms with Crippen molar-refractivity contribution >= 4 is 23.2 Å². The molecule has 0 spiro atoms. The summed E-state index contributed by atoms with van der Waals surface area (Å²) in [5.74, 6) is 1.24. The van der Waals surface area contributed by atoms with Gasteiger partial charge in [0.15, 0.2) is 0 Å². The Balaban J connectivity index is 1.66. The summed E-state index contributed by atoms with van der Waals surface area (Å²) in [5, 5.41) is 5.78. The van der Waals surface area contributed by atoms with Gasteiger partial charge in [-0.1, -0.05) is 35.9 Å². The molecule has 0 bridgehead atoms. The zero-order chi connectivity index (χ0) is 25.0. The average molecular weight is 477 g/mol. The second kappa shape index (κ2) is 13.0. The Morgan fingerprint density at radius 1 is 0.771 bits per heavy atom. The lowest BCUT2D eigenvalue weighted by atomic mass is 10.2. The van der Waals surface area contributed by atoms with E-state index in [1.807, 2.05) is 51.1 Å². The smallest absolute Gasteiger partial charge is 0.255 e. The van der Waals surface area contributed by atoms with Crippen molar-refractivity contribution in [3.05, 3.63) is 77.9 Å². The van der Waals surface area contributed by atoms with Crippen LogP contribution in [0.5, 0.6) is 17.2 Å². The minimum atomic E-state index is -0.264. The molecule has 0 aromatic heterocycles. The van der Waals surface area contributed by atoms with E-state index < -0.39 is 0 Å². The van der Waals surface area contributed by atoms with Gasteiger partial charge in [-0.25, -0.2) is 0 Å². The third kappa shape index (κ3) is 7.78. The van der Waals surface area contributed by atoms with E-state index in [-0.39, 0.29) is 18.2 Å². The zero-order valence-corrected chi connectivity index (χ0v) is 20.4. The van der Waals surface area contributed by atoms with Gasteiger partial charge in [0.1, 0.15) is 17.2 Å². The average Bonchev–Trinajstić information content (AvgIpc) is 2.86. The van der Waals surface area contributed by atoms with Gasteiger partial charge in [-0.3, -0.25) is 9.59 Å². The van der Waals surface area contributed by atoms with Crippen LogP contribution < -0.4 is 24.8 Å². The van der Waals surface area contributed by atoms with E-state index in [0.717, 1.165) is 5.75 Å². The van der Waals surface area contributed by atoms with Crippen LogP contribution in [0.15, 0.2) is 66.7 Å². The normalized spacial score (nSPS) is 10.4. The van der Waals surface area contributed by atoms with Crippen molar-refractivity contribution < 1.29 is 23.8 Å². The van der Waals surface area contributed by atoms with Crippen molar-refractivity contribution in [3.63, 3.8) is 0 Å². The molecule has 7 heteroatoms. The molecule has 0 fully saturated rings. The van der Waals surface area contributed by atoms with E-state index in [0.29, 0.717) is 54.7 Å². The van der Waals surface area contributed by atoms with Crippen molar-refractivity contribution in [2.45, 2.75) is 33.6 Å². The first-order chi connectivity index (χ1) is 17.0. The lowest BCUT2D eigenvalue weighted by molar-refractivity contribution is -0.116. The van der Waals surface area contributed by atoms with E-state index in [9.17, 15) is 9.59 Å². The van der Waals surface area contributed by atoms with Gasteiger partial charge in [0.05, 0.1) is 31.2 Å². The summed E-state index contributed by atoms with van der Waals surface area (Å²) >= 11 is 0. The fourth-order valence-corrected chi connectivity index (χ4v) is 3.36. The number of hydrogen-bond acceptors (Lipinski definition) is 5. The number of ether oxygens (including phenoxy) is 3. The molecule has 3 aromatic carbocycles. The van der Waals surface area contributed by atoms with Gasteiger partial charge >= 0.3 is 0 Å². The summed E-state index contributed by atoms with van der Waals surface area (Å²) < 4.78 is 17.2. The number of aryl methyl sites for hydroxylation is 1. The number of hydrogen-bond donors (Lipinski definition) is 2. The number of carbonyl (C=O) groups excluding carboxylic acids is 2. The maximum Gasteiger partial charge on any atom is 0.255 e. The molecule has 7 nitrogen and oxygen atoms in total. The molecule has 0 aliphatic heterocycles. The van der Waals surface area contributed by atoms with Gasteiger partial charge in [-0.15, -0.1) is 0 Å². The molecule has 3 rings (SSSR count). The third-order valence-corrected chi connectivity index (χ3v) is 5.08. The summed E-state index contributed by atoms with van der Waals surface area (Å²) in [7, 11) is 0. The SMILES string of the molecule is CCOc1cc(NC(=O)c2ccccc2)c(OCC)cc1NC(=O)CCCOc1ccc(C)cc1. The van der Waals surface area contributed by atoms with Gasteiger partial charge in [-0.05, 0) is 51.5 Å². The Labute approximate surface area is 206 Å². The highest BCUT2D eigenvalue weighted by Crippen LogP contribution is 2.37. The highest BCUT2D eigenvalue weighted by Gasteiger charge is 2.17. The maximum atomic E-state index is 12.7. The summed E-state index contributed by atoms with van der Waals surface area (Å²) in [6.45, 7) is 6.95. The summed E-state index contributed by atoms with van der Waals surface area (Å²) in [5.41, 5.74) is 2.64. The molecule has 0 aliphatic rings. The minimum absolute atomic E-state index is 0.165. The van der Waals surface area contributed by atoms with Crippen LogP contribution >= 0.6 is 0 Å². The first-order valence-electron chi connectivity index (χ1n) is 11.8. The quantitative estimate of drug-likeness (QED) is 0.321. The predicted molar refractivity (Wildman–Crippen MR) is 138 cm³/mol. The Morgan fingerprint density at radius 3 is 1.97 bits per heavy atom. The predicted octanol–water partition coefficient (Wildman–Crippen LogP) is 5.84. The van der Waals surface area contributed by atoms with Crippen LogP contribution in [0.1, 0.15) is 42.6 Å². The molecule has 0 aliphatic carbocycles. The Hall–Kier alpha value is -4.00. The third-order valence-electron chi connectivity index (χ3n) is 5.08. The van der Waals surface area contributed by atoms with E-state index in [1.54, 1.807) is 36.4 Å². The van der Waals surface area contributed by atoms with E-state index in [4.69, 9.17) is 14.2 Å². The second-order valence-corrected chi connectivity index (χ2v) is 7.84. The van der Waals surface area contributed by atoms with Crippen LogP contribution in [0.2, 0.25) is 0 Å². The Bertz CT molecular complexity index is 1110. The monoisotopic (exact) mass is 476 g/mol. The fraction of sp³-hybridized carbons (Fsp3) is 0.286. The highest BCUT2D eigenvalue weighted by molar-refractivity contribution is 6.05. The van der Waals surface area contributed by atoms with Crippen LogP contribution in [0.3, 0.4) is 0 Å². The van der Waals surface area contributed by atoms with Crippen molar-refractivity contribution in [1.29, 1.82) is 0 Å². The van der Waals surface area contributed by atoms with E-state index in [2.05, 4.69) is 10.6 Å². The number of rotatable bonds is 12. The van der Waals surface area contributed by atoms with Gasteiger partial charge in [0.2, 0.25) is 5.91 Å². The lowest BCUT2D eigenvalue weighted by Crippen LogP contribution is -2.16. The van der Waals surface area contributed by atoms with Crippen molar-refractivity contribution in [1.82, 2.24) is 0 Å². The molecular formula is C28H32N2O5. The van der Waals surface area contributed by atoms with Gasteiger partial charge in [-0.2, -0.15) is 0 Å². The maximum absolute atomic E-state index is 12.7. The van der Waals surface area contributed by atoms with Crippen molar-refractivity contribution in [2.75, 3.05) is 30.5 Å². The Kier molecular flexibility index (Phi) is 9.54. The largest absolute Gasteiger partial charge is 0.494 e. The molecule has 0 saturated heterocycles. The molecule has 2 amide bonds. The molecule has 0 saturated carbocycles. The molecule has 0 atom stereocenters. The summed E-state index contributed by atoms with van der Waals surface area (Å²) in [4.78, 5) is 25.3. The standard InChI is InChI=1S/C28H32N2O5/c1-4-33-25-19-24(30-28(32)21-10-7-6-8-11-21)26(34-5-2)18-23(25)29-27(31)12-9-17-35-22-15-13-20(3)14-16-22/h6-8,10-11,13-16,18-19H,4-5,9,12,17H2,1-3H3,(H,29,31)(H,30,32). The minimum Gasteiger partial charge on any atom is -0.494 e. The van der Waals surface area contributed by atoms with Crippen LogP contribution in [0, 0.1) is 6.92 Å². The van der Waals surface area contributed by atoms with Crippen LogP contribution in [-0.2, 0) is 4.79 Å².